The van der Waals surface area contributed by atoms with Crippen molar-refractivity contribution < 1.29 is 24.1 Å². The van der Waals surface area contributed by atoms with Crippen LogP contribution in [0.15, 0.2) is 17.1 Å². The fourth-order valence-electron chi connectivity index (χ4n) is 2.85. The molecule has 1 aromatic heterocycles. The summed E-state index contributed by atoms with van der Waals surface area (Å²) in [5.74, 6) is -0.177. The number of nitrogens with zero attached hydrogens (tertiary/aromatic N) is 2. The highest BCUT2D eigenvalue weighted by Crippen LogP contribution is 2.31. The second-order valence-corrected chi connectivity index (χ2v) is 6.50. The Morgan fingerprint density at radius 3 is 2.78 bits per heavy atom. The highest BCUT2D eigenvalue weighted by molar-refractivity contribution is 5.87. The van der Waals surface area contributed by atoms with E-state index in [1.807, 2.05) is 6.92 Å². The van der Waals surface area contributed by atoms with Gasteiger partial charge in [-0.3, -0.25) is 9.36 Å². The van der Waals surface area contributed by atoms with E-state index in [4.69, 9.17) is 14.2 Å². The fraction of sp³-hybridized carbons (Fsp3) is 0.722. The van der Waals surface area contributed by atoms with Gasteiger partial charge < -0.3 is 24.6 Å². The molecule has 0 bridgehead atoms. The second kappa shape index (κ2) is 10.5. The Kier molecular flexibility index (Phi) is 8.36. The van der Waals surface area contributed by atoms with Gasteiger partial charge in [0.25, 0.3) is 0 Å². The van der Waals surface area contributed by atoms with Crippen LogP contribution in [0.25, 0.3) is 0 Å². The van der Waals surface area contributed by atoms with Crippen LogP contribution in [0.4, 0.5) is 5.82 Å². The third-order valence-electron chi connectivity index (χ3n) is 4.16. The lowest BCUT2D eigenvalue weighted by Gasteiger charge is -2.20. The number of carbonyl (C=O) groups excluding carboxylic acids is 1. The molecule has 9 heteroatoms. The lowest BCUT2D eigenvalue weighted by atomic mass is 10.1. The highest BCUT2D eigenvalue weighted by Gasteiger charge is 2.45. The Bertz CT molecular complexity index is 665. The minimum absolute atomic E-state index is 0.148. The van der Waals surface area contributed by atoms with Crippen molar-refractivity contribution in [2.24, 2.45) is 0 Å². The first-order valence-electron chi connectivity index (χ1n) is 9.37. The molecule has 152 valence electrons. The molecule has 1 fully saturated rings. The van der Waals surface area contributed by atoms with Gasteiger partial charge in [0, 0.05) is 26.3 Å². The van der Waals surface area contributed by atoms with Gasteiger partial charge >= 0.3 is 5.69 Å². The van der Waals surface area contributed by atoms with E-state index in [9.17, 15) is 14.7 Å². The number of anilines is 1. The van der Waals surface area contributed by atoms with Gasteiger partial charge in [-0.2, -0.15) is 4.98 Å². The van der Waals surface area contributed by atoms with Gasteiger partial charge in [-0.15, -0.1) is 0 Å². The van der Waals surface area contributed by atoms with Crippen LogP contribution in [0.2, 0.25) is 0 Å². The lowest BCUT2D eigenvalue weighted by molar-refractivity contribution is -0.114. The van der Waals surface area contributed by atoms with Crippen molar-refractivity contribution in [3.8, 4) is 0 Å². The van der Waals surface area contributed by atoms with Crippen LogP contribution >= 0.6 is 0 Å². The summed E-state index contributed by atoms with van der Waals surface area (Å²) < 4.78 is 18.5. The van der Waals surface area contributed by atoms with E-state index in [1.54, 1.807) is 0 Å². The molecule has 0 saturated carbocycles. The first-order valence-corrected chi connectivity index (χ1v) is 9.37. The molecule has 0 unspecified atom stereocenters. The largest absolute Gasteiger partial charge is 0.386 e. The van der Waals surface area contributed by atoms with E-state index in [1.165, 1.54) is 23.8 Å². The van der Waals surface area contributed by atoms with E-state index < -0.39 is 30.2 Å². The molecule has 2 N–H and O–H groups in total. The molecule has 0 aliphatic carbocycles. The van der Waals surface area contributed by atoms with Crippen molar-refractivity contribution in [1.82, 2.24) is 9.55 Å². The lowest BCUT2D eigenvalue weighted by Crippen LogP contribution is -2.38. The molecule has 1 aliphatic heterocycles. The maximum atomic E-state index is 12.3. The molecular formula is C18H29N3O6. The first kappa shape index (κ1) is 21.5. The average molecular weight is 383 g/mol. The topological polar surface area (TPSA) is 112 Å². The van der Waals surface area contributed by atoms with E-state index in [-0.39, 0.29) is 18.3 Å². The number of hydrogen-bond acceptors (Lipinski definition) is 7. The van der Waals surface area contributed by atoms with Crippen LogP contribution in [0, 0.1) is 0 Å². The number of ether oxygens (including phenoxy) is 3. The molecule has 9 nitrogen and oxygen atoms in total. The molecule has 27 heavy (non-hydrogen) atoms. The number of aliphatic hydroxyl groups is 1. The van der Waals surface area contributed by atoms with E-state index >= 15 is 0 Å². The Labute approximate surface area is 158 Å². The number of nitrogens with one attached hydrogen (secondary N) is 1. The van der Waals surface area contributed by atoms with Crippen LogP contribution in [0.1, 0.15) is 46.3 Å². The monoisotopic (exact) mass is 383 g/mol. The van der Waals surface area contributed by atoms with Crippen molar-refractivity contribution in [1.29, 1.82) is 0 Å². The SMILES string of the molecule is CCCCOC[C@H]1O[C@@H](n2ccc(NC(C)=O)nc2=O)[C@H](O)[C@@H]1OCCC. The first-order chi connectivity index (χ1) is 13.0. The van der Waals surface area contributed by atoms with Crippen LogP contribution in [-0.4, -0.2) is 58.7 Å². The zero-order valence-corrected chi connectivity index (χ0v) is 16.1. The molecule has 2 rings (SSSR count). The average Bonchev–Trinajstić information content (AvgIpc) is 2.92. The van der Waals surface area contributed by atoms with Crippen molar-refractivity contribution >= 4 is 11.7 Å². The minimum Gasteiger partial charge on any atom is -0.386 e. The predicted octanol–water partition coefficient (Wildman–Crippen LogP) is 1.07. The number of aromatic nitrogens is 2. The molecule has 0 spiro atoms. The van der Waals surface area contributed by atoms with Gasteiger partial charge in [-0.1, -0.05) is 20.3 Å². The molecule has 1 saturated heterocycles. The summed E-state index contributed by atoms with van der Waals surface area (Å²) in [7, 11) is 0. The summed E-state index contributed by atoms with van der Waals surface area (Å²) in [5.41, 5.74) is -0.632. The molecule has 0 aromatic carbocycles. The number of hydrogen-bond donors (Lipinski definition) is 2. The normalized spacial score (nSPS) is 24.9. The van der Waals surface area contributed by atoms with Gasteiger partial charge in [0.15, 0.2) is 6.23 Å². The highest BCUT2D eigenvalue weighted by atomic mass is 16.6. The maximum Gasteiger partial charge on any atom is 0.351 e. The van der Waals surface area contributed by atoms with Gasteiger partial charge in [0.1, 0.15) is 24.1 Å². The standard InChI is InChI=1S/C18H29N3O6/c1-4-6-10-25-11-13-16(26-9-5-2)15(23)17(27-13)21-8-7-14(19-12(3)22)20-18(21)24/h7-8,13,15-17,23H,4-6,9-11H2,1-3H3,(H,19,20,22,24)/t13-,15-,16-,17-/m1/s1. The molecule has 1 amide bonds. The number of amides is 1. The Morgan fingerprint density at radius 1 is 1.37 bits per heavy atom. The summed E-state index contributed by atoms with van der Waals surface area (Å²) in [5, 5.41) is 13.1. The Balaban J connectivity index is 2.13. The fourth-order valence-corrected chi connectivity index (χ4v) is 2.85. The van der Waals surface area contributed by atoms with Crippen LogP contribution in [0.3, 0.4) is 0 Å². The molecule has 0 radical (unpaired) electrons. The minimum atomic E-state index is -1.04. The number of rotatable bonds is 10. The summed E-state index contributed by atoms with van der Waals surface area (Å²) in [6, 6.07) is 1.48. The Hall–Kier alpha value is -1.81. The summed E-state index contributed by atoms with van der Waals surface area (Å²) in [6.07, 6.45) is 1.13. The van der Waals surface area contributed by atoms with Crippen molar-refractivity contribution in [3.63, 3.8) is 0 Å². The van der Waals surface area contributed by atoms with Gasteiger partial charge in [-0.25, -0.2) is 4.79 Å². The smallest absolute Gasteiger partial charge is 0.351 e. The van der Waals surface area contributed by atoms with E-state index in [2.05, 4.69) is 17.2 Å². The molecule has 1 aliphatic rings. The van der Waals surface area contributed by atoms with Crippen molar-refractivity contribution in [3.05, 3.63) is 22.7 Å². The summed E-state index contributed by atoms with van der Waals surface area (Å²) in [6.45, 7) is 6.72. The molecular weight excluding hydrogens is 354 g/mol. The van der Waals surface area contributed by atoms with Crippen LogP contribution in [-0.2, 0) is 19.0 Å². The van der Waals surface area contributed by atoms with Crippen molar-refractivity contribution in [2.75, 3.05) is 25.1 Å². The summed E-state index contributed by atoms with van der Waals surface area (Å²) >= 11 is 0. The third-order valence-corrected chi connectivity index (χ3v) is 4.16. The summed E-state index contributed by atoms with van der Waals surface area (Å²) in [4.78, 5) is 27.2. The zero-order chi connectivity index (χ0) is 19.8. The second-order valence-electron chi connectivity index (χ2n) is 6.50. The van der Waals surface area contributed by atoms with Gasteiger partial charge in [0.2, 0.25) is 5.91 Å². The number of aliphatic hydroxyl groups excluding tert-OH is 1. The maximum absolute atomic E-state index is 12.3. The van der Waals surface area contributed by atoms with Crippen LogP contribution < -0.4 is 11.0 Å². The third kappa shape index (κ3) is 5.83. The van der Waals surface area contributed by atoms with Gasteiger partial charge in [-0.05, 0) is 18.9 Å². The molecule has 2 heterocycles. The van der Waals surface area contributed by atoms with E-state index in [0.717, 1.165) is 19.3 Å². The van der Waals surface area contributed by atoms with Crippen LogP contribution in [0.5, 0.6) is 0 Å². The zero-order valence-electron chi connectivity index (χ0n) is 16.1. The number of unbranched alkanes of at least 4 members (excludes halogenated alkanes) is 1. The van der Waals surface area contributed by atoms with Crippen molar-refractivity contribution in [2.45, 2.75) is 64.6 Å². The quantitative estimate of drug-likeness (QED) is 0.581. The van der Waals surface area contributed by atoms with Gasteiger partial charge in [0.05, 0.1) is 6.61 Å². The predicted molar refractivity (Wildman–Crippen MR) is 98.5 cm³/mol. The van der Waals surface area contributed by atoms with E-state index in [0.29, 0.717) is 13.2 Å². The Morgan fingerprint density at radius 2 is 2.15 bits per heavy atom. The number of carbonyl (C=O) groups is 1. The molecule has 1 aromatic rings. The molecule has 4 atom stereocenters.